The van der Waals surface area contributed by atoms with Gasteiger partial charge in [-0.05, 0) is 44.2 Å². The molecule has 1 atom stereocenters. The van der Waals surface area contributed by atoms with Crippen molar-refractivity contribution >= 4 is 5.91 Å². The zero-order valence-electron chi connectivity index (χ0n) is 15.2. The van der Waals surface area contributed by atoms with Gasteiger partial charge in [0.2, 0.25) is 5.89 Å². The molecule has 2 fully saturated rings. The number of aryl methyl sites for hydroxylation is 1. The van der Waals surface area contributed by atoms with E-state index >= 15 is 0 Å². The van der Waals surface area contributed by atoms with E-state index in [1.807, 2.05) is 36.1 Å². The third-order valence-corrected chi connectivity index (χ3v) is 5.36. The number of benzene rings is 1. The number of rotatable bonds is 4. The Bertz CT molecular complexity index is 767. The molecule has 4 rings (SSSR count). The molecule has 2 aliphatic heterocycles. The van der Waals surface area contributed by atoms with E-state index in [1.54, 1.807) is 0 Å². The van der Waals surface area contributed by atoms with Crippen LogP contribution >= 0.6 is 0 Å². The van der Waals surface area contributed by atoms with Gasteiger partial charge in [0.1, 0.15) is 0 Å². The number of aromatic nitrogens is 2. The molecule has 2 saturated heterocycles. The fourth-order valence-electron chi connectivity index (χ4n) is 3.86. The summed E-state index contributed by atoms with van der Waals surface area (Å²) < 4.78 is 10.9. The lowest BCUT2D eigenvalue weighted by Gasteiger charge is -2.18. The molecule has 26 heavy (non-hydrogen) atoms. The van der Waals surface area contributed by atoms with Gasteiger partial charge in [-0.15, -0.1) is 0 Å². The van der Waals surface area contributed by atoms with Gasteiger partial charge in [0.05, 0.1) is 0 Å². The van der Waals surface area contributed by atoms with Crippen LogP contribution in [0.3, 0.4) is 0 Å². The van der Waals surface area contributed by atoms with E-state index in [1.165, 1.54) is 0 Å². The normalized spacial score (nSPS) is 21.3. The molecule has 3 heterocycles. The molecular formula is C20H25N3O3. The van der Waals surface area contributed by atoms with Gasteiger partial charge in [-0.25, -0.2) is 0 Å². The lowest BCUT2D eigenvalue weighted by molar-refractivity contribution is 0.0778. The Hall–Kier alpha value is -2.21. The molecule has 2 aliphatic rings. The third kappa shape index (κ3) is 3.80. The molecule has 0 radical (unpaired) electrons. The van der Waals surface area contributed by atoms with E-state index in [4.69, 9.17) is 9.26 Å². The summed E-state index contributed by atoms with van der Waals surface area (Å²) in [6.45, 7) is 5.09. The first kappa shape index (κ1) is 17.2. The lowest BCUT2D eigenvalue weighted by Crippen LogP contribution is -2.29. The van der Waals surface area contributed by atoms with Crippen LogP contribution in [0.2, 0.25) is 0 Å². The zero-order chi connectivity index (χ0) is 17.9. The number of likely N-dealkylation sites (tertiary alicyclic amines) is 1. The summed E-state index contributed by atoms with van der Waals surface area (Å²) in [6, 6.07) is 7.79. The third-order valence-electron chi connectivity index (χ3n) is 5.36. The van der Waals surface area contributed by atoms with Crippen LogP contribution in [0.25, 0.3) is 0 Å². The largest absolute Gasteiger partial charge is 0.381 e. The van der Waals surface area contributed by atoms with Crippen molar-refractivity contribution in [2.45, 2.75) is 38.5 Å². The summed E-state index contributed by atoms with van der Waals surface area (Å²) in [5.74, 6) is 2.35. The highest BCUT2D eigenvalue weighted by molar-refractivity contribution is 5.94. The predicted molar refractivity (Wildman–Crippen MR) is 96.0 cm³/mol. The Morgan fingerprint density at radius 1 is 1.27 bits per heavy atom. The molecule has 1 unspecified atom stereocenters. The molecule has 6 heteroatoms. The molecule has 0 spiro atoms. The molecule has 138 valence electrons. The molecule has 0 aliphatic carbocycles. The van der Waals surface area contributed by atoms with Crippen LogP contribution in [-0.4, -0.2) is 47.3 Å². The summed E-state index contributed by atoms with van der Waals surface area (Å²) in [5.41, 5.74) is 1.88. The van der Waals surface area contributed by atoms with Gasteiger partial charge in [-0.3, -0.25) is 4.79 Å². The summed E-state index contributed by atoms with van der Waals surface area (Å²) in [5, 5.41) is 4.16. The first-order valence-electron chi connectivity index (χ1n) is 9.45. The number of carbonyl (C=O) groups excluding carboxylic acids is 1. The van der Waals surface area contributed by atoms with Gasteiger partial charge in [0, 0.05) is 44.2 Å². The number of nitrogens with zero attached hydrogens (tertiary/aromatic N) is 3. The highest BCUT2D eigenvalue weighted by Gasteiger charge is 2.29. The van der Waals surface area contributed by atoms with E-state index in [9.17, 15) is 4.79 Å². The molecule has 6 nitrogen and oxygen atoms in total. The van der Waals surface area contributed by atoms with Gasteiger partial charge >= 0.3 is 0 Å². The van der Waals surface area contributed by atoms with Crippen molar-refractivity contribution in [1.82, 2.24) is 15.0 Å². The van der Waals surface area contributed by atoms with E-state index in [-0.39, 0.29) is 5.91 Å². The second-order valence-corrected chi connectivity index (χ2v) is 7.41. The molecule has 0 saturated carbocycles. The number of ether oxygens (including phenoxy) is 1. The summed E-state index contributed by atoms with van der Waals surface area (Å²) >= 11 is 0. The molecular weight excluding hydrogens is 330 g/mol. The molecule has 0 N–H and O–H groups in total. The second kappa shape index (κ2) is 7.58. The van der Waals surface area contributed by atoms with E-state index in [2.05, 4.69) is 10.1 Å². The number of hydrogen-bond acceptors (Lipinski definition) is 5. The SMILES string of the molecule is Cc1cccc(C(=O)N2CCC(Cc3noc(C4CCOCC4)n3)C2)c1. The maximum atomic E-state index is 12.7. The molecule has 1 amide bonds. The first-order valence-corrected chi connectivity index (χ1v) is 9.45. The predicted octanol–water partition coefficient (Wildman–Crippen LogP) is 2.98. The van der Waals surface area contributed by atoms with Crippen LogP contribution in [0.5, 0.6) is 0 Å². The van der Waals surface area contributed by atoms with Crippen molar-refractivity contribution in [3.63, 3.8) is 0 Å². The maximum absolute atomic E-state index is 12.7. The van der Waals surface area contributed by atoms with Crippen molar-refractivity contribution in [3.05, 3.63) is 47.1 Å². The Labute approximate surface area is 153 Å². The fourth-order valence-corrected chi connectivity index (χ4v) is 3.86. The Morgan fingerprint density at radius 2 is 2.12 bits per heavy atom. The van der Waals surface area contributed by atoms with Gasteiger partial charge in [0.15, 0.2) is 5.82 Å². The Balaban J connectivity index is 1.34. The van der Waals surface area contributed by atoms with Crippen molar-refractivity contribution < 1.29 is 14.1 Å². The minimum absolute atomic E-state index is 0.118. The first-order chi connectivity index (χ1) is 12.7. The summed E-state index contributed by atoms with van der Waals surface area (Å²) in [6.07, 6.45) is 3.65. The van der Waals surface area contributed by atoms with Crippen LogP contribution in [0.15, 0.2) is 28.8 Å². The molecule has 0 bridgehead atoms. The van der Waals surface area contributed by atoms with Gasteiger partial charge < -0.3 is 14.2 Å². The average Bonchev–Trinajstić information content (AvgIpc) is 3.32. The minimum Gasteiger partial charge on any atom is -0.381 e. The monoisotopic (exact) mass is 355 g/mol. The maximum Gasteiger partial charge on any atom is 0.253 e. The van der Waals surface area contributed by atoms with E-state index in [0.29, 0.717) is 11.8 Å². The number of amides is 1. The molecule has 2 aromatic rings. The van der Waals surface area contributed by atoms with Crippen LogP contribution in [0.4, 0.5) is 0 Å². The summed E-state index contributed by atoms with van der Waals surface area (Å²) in [4.78, 5) is 19.2. The van der Waals surface area contributed by atoms with Crippen molar-refractivity contribution in [2.24, 2.45) is 5.92 Å². The van der Waals surface area contributed by atoms with E-state index in [0.717, 1.165) is 74.8 Å². The van der Waals surface area contributed by atoms with Crippen LogP contribution < -0.4 is 0 Å². The van der Waals surface area contributed by atoms with E-state index < -0.39 is 0 Å². The Morgan fingerprint density at radius 3 is 2.92 bits per heavy atom. The topological polar surface area (TPSA) is 68.5 Å². The standard InChI is InChI=1S/C20H25N3O3/c1-14-3-2-4-17(11-14)20(24)23-8-5-15(13-23)12-18-21-19(26-22-18)16-6-9-25-10-7-16/h2-4,11,15-16H,5-10,12-13H2,1H3. The van der Waals surface area contributed by atoms with Crippen molar-refractivity contribution in [1.29, 1.82) is 0 Å². The zero-order valence-corrected chi connectivity index (χ0v) is 15.2. The van der Waals surface area contributed by atoms with Crippen molar-refractivity contribution in [2.75, 3.05) is 26.3 Å². The van der Waals surface area contributed by atoms with Crippen LogP contribution in [-0.2, 0) is 11.2 Å². The highest BCUT2D eigenvalue weighted by atomic mass is 16.5. The summed E-state index contributed by atoms with van der Waals surface area (Å²) in [7, 11) is 0. The van der Waals surface area contributed by atoms with Crippen molar-refractivity contribution in [3.8, 4) is 0 Å². The highest BCUT2D eigenvalue weighted by Crippen LogP contribution is 2.27. The quantitative estimate of drug-likeness (QED) is 0.843. The van der Waals surface area contributed by atoms with Crippen LogP contribution in [0, 0.1) is 12.8 Å². The minimum atomic E-state index is 0.118. The fraction of sp³-hybridized carbons (Fsp3) is 0.550. The van der Waals surface area contributed by atoms with Gasteiger partial charge in [-0.2, -0.15) is 4.98 Å². The molecule has 1 aromatic heterocycles. The smallest absolute Gasteiger partial charge is 0.253 e. The van der Waals surface area contributed by atoms with Crippen LogP contribution in [0.1, 0.15) is 52.8 Å². The van der Waals surface area contributed by atoms with Gasteiger partial charge in [0.25, 0.3) is 5.91 Å². The Kier molecular flexibility index (Phi) is 5.02. The lowest BCUT2D eigenvalue weighted by atomic mass is 10.0. The van der Waals surface area contributed by atoms with Gasteiger partial charge in [-0.1, -0.05) is 22.9 Å². The second-order valence-electron chi connectivity index (χ2n) is 7.41. The number of hydrogen-bond donors (Lipinski definition) is 0. The average molecular weight is 355 g/mol. The molecule has 1 aromatic carbocycles. The number of carbonyl (C=O) groups is 1.